The van der Waals surface area contributed by atoms with Crippen LogP contribution in [0.15, 0.2) is 71.9 Å². The highest BCUT2D eigenvalue weighted by Crippen LogP contribution is 2.33. The number of amides is 2. The molecule has 1 aliphatic heterocycles. The van der Waals surface area contributed by atoms with E-state index in [0.717, 1.165) is 27.4 Å². The molecule has 0 spiro atoms. The van der Waals surface area contributed by atoms with Crippen molar-refractivity contribution in [1.82, 2.24) is 10.3 Å². The molecule has 29 heavy (non-hydrogen) atoms. The first-order valence-electron chi connectivity index (χ1n) is 9.41. The maximum absolute atomic E-state index is 12.5. The van der Waals surface area contributed by atoms with E-state index in [-0.39, 0.29) is 11.8 Å². The van der Waals surface area contributed by atoms with E-state index >= 15 is 0 Å². The van der Waals surface area contributed by atoms with Crippen LogP contribution >= 0.6 is 11.8 Å². The van der Waals surface area contributed by atoms with Gasteiger partial charge in [-0.3, -0.25) is 9.59 Å². The van der Waals surface area contributed by atoms with Gasteiger partial charge in [-0.25, -0.2) is 4.98 Å². The largest absolute Gasteiger partial charge is 0.348 e. The van der Waals surface area contributed by atoms with E-state index in [1.165, 1.54) is 11.8 Å². The smallest absolute Gasteiger partial charge is 0.251 e. The Hall–Kier alpha value is -3.12. The van der Waals surface area contributed by atoms with E-state index in [2.05, 4.69) is 10.3 Å². The van der Waals surface area contributed by atoms with Crippen LogP contribution in [0.2, 0.25) is 0 Å². The Morgan fingerprint density at radius 1 is 1.10 bits per heavy atom. The first-order chi connectivity index (χ1) is 14.1. The minimum absolute atomic E-state index is 0.0653. The molecule has 0 unspecified atom stereocenters. The van der Waals surface area contributed by atoms with Gasteiger partial charge >= 0.3 is 0 Å². The van der Waals surface area contributed by atoms with Crippen LogP contribution in [0.3, 0.4) is 0 Å². The van der Waals surface area contributed by atoms with Gasteiger partial charge in [-0.05, 0) is 47.9 Å². The highest BCUT2D eigenvalue weighted by atomic mass is 32.2. The maximum atomic E-state index is 12.5. The standard InChI is InChI=1S/C23H21N3O2S/c1-16-5-2-3-6-19(16)13-25-22(28)18-10-8-17(9-11-18)14-26-20-7-4-12-24-23(20)29-15-21(26)27/h2-12H,13-15H2,1H3,(H,25,28). The summed E-state index contributed by atoms with van der Waals surface area (Å²) < 4.78 is 0. The van der Waals surface area contributed by atoms with E-state index in [1.54, 1.807) is 23.2 Å². The summed E-state index contributed by atoms with van der Waals surface area (Å²) in [6.07, 6.45) is 1.74. The predicted molar refractivity (Wildman–Crippen MR) is 115 cm³/mol. The fraction of sp³-hybridized carbons (Fsp3) is 0.174. The summed E-state index contributed by atoms with van der Waals surface area (Å²) >= 11 is 1.47. The molecule has 2 aromatic carbocycles. The fourth-order valence-corrected chi connectivity index (χ4v) is 4.12. The quantitative estimate of drug-likeness (QED) is 0.700. The zero-order chi connectivity index (χ0) is 20.2. The average Bonchev–Trinajstić information content (AvgIpc) is 2.75. The number of rotatable bonds is 5. The fourth-order valence-electron chi connectivity index (χ4n) is 3.24. The van der Waals surface area contributed by atoms with Crippen molar-refractivity contribution >= 4 is 29.3 Å². The first-order valence-corrected chi connectivity index (χ1v) is 10.4. The van der Waals surface area contributed by atoms with E-state index in [0.29, 0.717) is 24.4 Å². The van der Waals surface area contributed by atoms with E-state index in [1.807, 2.05) is 55.5 Å². The third-order valence-electron chi connectivity index (χ3n) is 4.93. The van der Waals surface area contributed by atoms with E-state index in [9.17, 15) is 9.59 Å². The number of hydrogen-bond donors (Lipinski definition) is 1. The Morgan fingerprint density at radius 3 is 2.69 bits per heavy atom. The number of carbonyl (C=O) groups excluding carboxylic acids is 2. The molecule has 2 heterocycles. The monoisotopic (exact) mass is 403 g/mol. The Kier molecular flexibility index (Phi) is 5.62. The molecule has 0 saturated heterocycles. The van der Waals surface area contributed by atoms with Crippen LogP contribution in [0.5, 0.6) is 0 Å². The van der Waals surface area contributed by atoms with Crippen molar-refractivity contribution in [3.8, 4) is 0 Å². The third kappa shape index (κ3) is 4.32. The third-order valence-corrected chi connectivity index (χ3v) is 5.91. The summed E-state index contributed by atoms with van der Waals surface area (Å²) in [5.41, 5.74) is 4.67. The van der Waals surface area contributed by atoms with Gasteiger partial charge in [0.1, 0.15) is 5.03 Å². The molecule has 0 saturated carbocycles. The highest BCUT2D eigenvalue weighted by molar-refractivity contribution is 8.00. The summed E-state index contributed by atoms with van der Waals surface area (Å²) in [6, 6.07) is 19.2. The number of nitrogens with zero attached hydrogens (tertiary/aromatic N) is 2. The number of hydrogen-bond acceptors (Lipinski definition) is 4. The zero-order valence-electron chi connectivity index (χ0n) is 16.1. The molecular formula is C23H21N3O2S. The molecule has 5 nitrogen and oxygen atoms in total. The number of thioether (sulfide) groups is 1. The number of pyridine rings is 1. The van der Waals surface area contributed by atoms with Gasteiger partial charge in [0, 0.05) is 18.3 Å². The number of aryl methyl sites for hydroxylation is 1. The molecule has 1 aliphatic rings. The summed E-state index contributed by atoms with van der Waals surface area (Å²) in [7, 11) is 0. The molecule has 0 fully saturated rings. The van der Waals surface area contributed by atoms with Gasteiger partial charge in [0.15, 0.2) is 0 Å². The molecule has 0 radical (unpaired) electrons. The van der Waals surface area contributed by atoms with Crippen molar-refractivity contribution in [2.24, 2.45) is 0 Å². The summed E-state index contributed by atoms with van der Waals surface area (Å²) in [6.45, 7) is 2.99. The van der Waals surface area contributed by atoms with Crippen molar-refractivity contribution in [2.45, 2.75) is 25.0 Å². The van der Waals surface area contributed by atoms with Crippen LogP contribution in [0, 0.1) is 6.92 Å². The summed E-state index contributed by atoms with van der Waals surface area (Å²) in [4.78, 5) is 31.0. The normalized spacial score (nSPS) is 13.1. The average molecular weight is 404 g/mol. The van der Waals surface area contributed by atoms with Crippen molar-refractivity contribution in [3.63, 3.8) is 0 Å². The lowest BCUT2D eigenvalue weighted by Gasteiger charge is -2.28. The van der Waals surface area contributed by atoms with Crippen molar-refractivity contribution in [1.29, 1.82) is 0 Å². The number of benzene rings is 2. The number of aromatic nitrogens is 1. The topological polar surface area (TPSA) is 62.3 Å². The maximum Gasteiger partial charge on any atom is 0.251 e. The van der Waals surface area contributed by atoms with Crippen LogP contribution in [0.1, 0.15) is 27.0 Å². The van der Waals surface area contributed by atoms with Crippen molar-refractivity contribution < 1.29 is 9.59 Å². The van der Waals surface area contributed by atoms with Gasteiger partial charge in [0.05, 0.1) is 18.0 Å². The Balaban J connectivity index is 1.42. The highest BCUT2D eigenvalue weighted by Gasteiger charge is 2.25. The Bertz CT molecular complexity index is 1050. The molecule has 4 rings (SSSR count). The SMILES string of the molecule is Cc1ccccc1CNC(=O)c1ccc(CN2C(=O)CSc3ncccc32)cc1. The van der Waals surface area contributed by atoms with Crippen LogP contribution in [-0.2, 0) is 17.9 Å². The Morgan fingerprint density at radius 2 is 1.90 bits per heavy atom. The van der Waals surface area contributed by atoms with Gasteiger partial charge in [0.2, 0.25) is 5.91 Å². The van der Waals surface area contributed by atoms with Crippen LogP contribution < -0.4 is 10.2 Å². The zero-order valence-corrected chi connectivity index (χ0v) is 16.9. The predicted octanol–water partition coefficient (Wildman–Crippen LogP) is 3.96. The van der Waals surface area contributed by atoms with E-state index < -0.39 is 0 Å². The lowest BCUT2D eigenvalue weighted by atomic mass is 10.1. The minimum atomic E-state index is -0.111. The second kappa shape index (κ2) is 8.49. The lowest BCUT2D eigenvalue weighted by Crippen LogP contribution is -2.35. The molecule has 0 bridgehead atoms. The van der Waals surface area contributed by atoms with E-state index in [4.69, 9.17) is 0 Å². The molecule has 0 aliphatic carbocycles. The molecule has 6 heteroatoms. The summed E-state index contributed by atoms with van der Waals surface area (Å²) in [5.74, 6) is 0.346. The molecule has 3 aromatic rings. The second-order valence-electron chi connectivity index (χ2n) is 6.90. The lowest BCUT2D eigenvalue weighted by molar-refractivity contribution is -0.116. The molecule has 2 amide bonds. The number of carbonyl (C=O) groups is 2. The molecule has 0 atom stereocenters. The van der Waals surface area contributed by atoms with Crippen molar-refractivity contribution in [3.05, 3.63) is 89.1 Å². The number of fused-ring (bicyclic) bond motifs is 1. The Labute approximate surface area is 174 Å². The number of nitrogens with one attached hydrogen (secondary N) is 1. The first kappa shape index (κ1) is 19.2. The molecular weight excluding hydrogens is 382 g/mol. The van der Waals surface area contributed by atoms with Crippen molar-refractivity contribution in [2.75, 3.05) is 10.7 Å². The summed E-state index contributed by atoms with van der Waals surface area (Å²) in [5, 5.41) is 3.84. The van der Waals surface area contributed by atoms with Gasteiger partial charge in [-0.15, -0.1) is 0 Å². The molecule has 1 N–H and O–H groups in total. The van der Waals surface area contributed by atoms with Gasteiger partial charge < -0.3 is 10.2 Å². The van der Waals surface area contributed by atoms with Crippen LogP contribution in [0.4, 0.5) is 5.69 Å². The van der Waals surface area contributed by atoms with Gasteiger partial charge in [-0.2, -0.15) is 0 Å². The number of anilines is 1. The molecule has 146 valence electrons. The van der Waals surface area contributed by atoms with Gasteiger partial charge in [0.25, 0.3) is 5.91 Å². The second-order valence-corrected chi connectivity index (χ2v) is 7.87. The molecule has 1 aromatic heterocycles. The van der Waals surface area contributed by atoms with Gasteiger partial charge in [-0.1, -0.05) is 48.2 Å². The van der Waals surface area contributed by atoms with Crippen LogP contribution in [-0.4, -0.2) is 22.6 Å². The van der Waals surface area contributed by atoms with Crippen LogP contribution in [0.25, 0.3) is 0 Å². The minimum Gasteiger partial charge on any atom is -0.348 e.